The standard InChI is InChI=1S/C16H22N2O2/c1-10-6-13-15(3,4)14(20)12(8-17)7-16(13,5)9-18(10)11(2)19/h7,10,13H,6,9H2,1-5H3/t10-,13-,16+/m1/s1. The molecular weight excluding hydrogens is 252 g/mol. The SMILES string of the molecule is CC(=O)N1C[C@]2(C)C=C(C#N)C(=O)C(C)(C)[C@H]2C[C@H]1C. The van der Waals surface area contributed by atoms with Crippen molar-refractivity contribution in [2.45, 2.75) is 47.1 Å². The number of allylic oxidation sites excluding steroid dienone is 1. The Balaban J connectivity index is 2.52. The molecule has 0 unspecified atom stereocenters. The van der Waals surface area contributed by atoms with Gasteiger partial charge >= 0.3 is 0 Å². The number of ketones is 1. The Morgan fingerprint density at radius 2 is 2.05 bits per heavy atom. The lowest BCUT2D eigenvalue weighted by atomic mass is 9.54. The maximum absolute atomic E-state index is 12.4. The van der Waals surface area contributed by atoms with Gasteiger partial charge in [0.2, 0.25) is 5.91 Å². The molecule has 1 aliphatic heterocycles. The summed E-state index contributed by atoms with van der Waals surface area (Å²) >= 11 is 0. The summed E-state index contributed by atoms with van der Waals surface area (Å²) in [5.41, 5.74) is -0.612. The summed E-state index contributed by atoms with van der Waals surface area (Å²) in [6.45, 7) is 10.1. The van der Waals surface area contributed by atoms with E-state index in [9.17, 15) is 14.9 Å². The fourth-order valence-electron chi connectivity index (χ4n) is 4.04. The van der Waals surface area contributed by atoms with Crippen molar-refractivity contribution in [3.63, 3.8) is 0 Å². The van der Waals surface area contributed by atoms with Gasteiger partial charge < -0.3 is 4.90 Å². The first-order chi connectivity index (χ1) is 9.13. The Morgan fingerprint density at radius 3 is 2.55 bits per heavy atom. The van der Waals surface area contributed by atoms with Gasteiger partial charge in [0, 0.05) is 30.3 Å². The lowest BCUT2D eigenvalue weighted by Gasteiger charge is -2.55. The zero-order valence-electron chi connectivity index (χ0n) is 12.9. The molecule has 4 nitrogen and oxygen atoms in total. The van der Waals surface area contributed by atoms with Crippen LogP contribution in [0.4, 0.5) is 0 Å². The minimum atomic E-state index is -0.550. The molecule has 0 aromatic heterocycles. The second kappa shape index (κ2) is 4.44. The summed E-state index contributed by atoms with van der Waals surface area (Å²) in [6.07, 6.45) is 2.59. The number of hydrogen-bond acceptors (Lipinski definition) is 3. The van der Waals surface area contributed by atoms with E-state index in [1.54, 1.807) is 13.0 Å². The molecule has 1 fully saturated rings. The predicted octanol–water partition coefficient (Wildman–Crippen LogP) is 2.31. The summed E-state index contributed by atoms with van der Waals surface area (Å²) in [4.78, 5) is 26.1. The molecular formula is C16H22N2O2. The topological polar surface area (TPSA) is 61.2 Å². The summed E-state index contributed by atoms with van der Waals surface area (Å²) in [5.74, 6) is 0.148. The van der Waals surface area contributed by atoms with Gasteiger partial charge in [-0.3, -0.25) is 9.59 Å². The van der Waals surface area contributed by atoms with Gasteiger partial charge in [-0.2, -0.15) is 5.26 Å². The van der Waals surface area contributed by atoms with E-state index < -0.39 is 5.41 Å². The van der Waals surface area contributed by atoms with Crippen LogP contribution in [0.1, 0.15) is 41.0 Å². The van der Waals surface area contributed by atoms with Gasteiger partial charge in [-0.25, -0.2) is 0 Å². The van der Waals surface area contributed by atoms with Crippen molar-refractivity contribution in [1.82, 2.24) is 4.90 Å². The van der Waals surface area contributed by atoms with Crippen molar-refractivity contribution < 1.29 is 9.59 Å². The molecule has 0 spiro atoms. The first kappa shape index (κ1) is 14.8. The number of carbonyl (C=O) groups is 2. The fourth-order valence-corrected chi connectivity index (χ4v) is 4.04. The molecule has 2 rings (SSSR count). The molecule has 108 valence electrons. The van der Waals surface area contributed by atoms with Crippen LogP contribution in [0.3, 0.4) is 0 Å². The summed E-state index contributed by atoms with van der Waals surface area (Å²) in [6, 6.07) is 2.16. The van der Waals surface area contributed by atoms with Crippen LogP contribution in [0, 0.1) is 28.1 Å². The third kappa shape index (κ3) is 1.96. The molecule has 4 heteroatoms. The van der Waals surface area contributed by atoms with Crippen LogP contribution in [0.15, 0.2) is 11.6 Å². The number of piperidine rings is 1. The van der Waals surface area contributed by atoms with Gasteiger partial charge in [-0.15, -0.1) is 0 Å². The lowest BCUT2D eigenvalue weighted by Crippen LogP contribution is -2.59. The second-order valence-electron chi connectivity index (χ2n) is 7.01. The Morgan fingerprint density at radius 1 is 1.45 bits per heavy atom. The maximum atomic E-state index is 12.4. The number of Topliss-reactive ketones (excluding diaryl/α,β-unsaturated/α-hetero) is 1. The molecule has 0 bridgehead atoms. The van der Waals surface area contributed by atoms with E-state index in [0.717, 1.165) is 6.42 Å². The largest absolute Gasteiger partial charge is 0.339 e. The number of likely N-dealkylation sites (tertiary alicyclic amines) is 1. The maximum Gasteiger partial charge on any atom is 0.219 e. The third-order valence-corrected chi connectivity index (χ3v) is 5.12. The summed E-state index contributed by atoms with van der Waals surface area (Å²) in [5, 5.41) is 9.21. The summed E-state index contributed by atoms with van der Waals surface area (Å²) < 4.78 is 0. The molecule has 2 aliphatic rings. The Bertz CT molecular complexity index is 541. The average molecular weight is 274 g/mol. The van der Waals surface area contributed by atoms with Crippen molar-refractivity contribution in [3.05, 3.63) is 11.6 Å². The molecule has 0 aromatic carbocycles. The van der Waals surface area contributed by atoms with E-state index in [2.05, 4.69) is 6.92 Å². The Labute approximate surface area is 120 Å². The van der Waals surface area contributed by atoms with Crippen LogP contribution in [-0.4, -0.2) is 29.2 Å². The zero-order valence-corrected chi connectivity index (χ0v) is 12.9. The molecule has 3 atom stereocenters. The normalized spacial score (nSPS) is 35.9. The second-order valence-corrected chi connectivity index (χ2v) is 7.01. The molecule has 20 heavy (non-hydrogen) atoms. The minimum absolute atomic E-state index is 0.0544. The van der Waals surface area contributed by atoms with Crippen LogP contribution >= 0.6 is 0 Å². The highest BCUT2D eigenvalue weighted by Gasteiger charge is 2.54. The molecule has 0 saturated carbocycles. The molecule has 0 aromatic rings. The van der Waals surface area contributed by atoms with Gasteiger partial charge in [-0.05, 0) is 19.3 Å². The van der Waals surface area contributed by atoms with E-state index in [1.165, 1.54) is 0 Å². The van der Waals surface area contributed by atoms with Gasteiger partial charge in [0.1, 0.15) is 6.07 Å². The minimum Gasteiger partial charge on any atom is -0.339 e. The summed E-state index contributed by atoms with van der Waals surface area (Å²) in [7, 11) is 0. The fraction of sp³-hybridized carbons (Fsp3) is 0.688. The Hall–Kier alpha value is -1.63. The number of hydrogen-bond donors (Lipinski definition) is 0. The van der Waals surface area contributed by atoms with Crippen molar-refractivity contribution in [2.75, 3.05) is 6.54 Å². The van der Waals surface area contributed by atoms with E-state index in [0.29, 0.717) is 6.54 Å². The average Bonchev–Trinajstić information content (AvgIpc) is 2.36. The molecule has 1 aliphatic carbocycles. The lowest BCUT2D eigenvalue weighted by molar-refractivity contribution is -0.143. The number of fused-ring (bicyclic) bond motifs is 1. The van der Waals surface area contributed by atoms with Crippen LogP contribution in [-0.2, 0) is 9.59 Å². The van der Waals surface area contributed by atoms with Gasteiger partial charge in [0.15, 0.2) is 5.78 Å². The highest BCUT2D eigenvalue weighted by Crippen LogP contribution is 2.53. The van der Waals surface area contributed by atoms with Gasteiger partial charge in [-0.1, -0.05) is 26.8 Å². The van der Waals surface area contributed by atoms with E-state index in [-0.39, 0.29) is 34.6 Å². The van der Waals surface area contributed by atoms with E-state index >= 15 is 0 Å². The van der Waals surface area contributed by atoms with Gasteiger partial charge in [0.25, 0.3) is 0 Å². The molecule has 1 heterocycles. The van der Waals surface area contributed by atoms with Crippen molar-refractivity contribution in [1.29, 1.82) is 5.26 Å². The number of amides is 1. The quantitative estimate of drug-likeness (QED) is 0.681. The van der Waals surface area contributed by atoms with E-state index in [4.69, 9.17) is 0 Å². The van der Waals surface area contributed by atoms with Crippen LogP contribution < -0.4 is 0 Å². The predicted molar refractivity (Wildman–Crippen MR) is 75.5 cm³/mol. The van der Waals surface area contributed by atoms with E-state index in [1.807, 2.05) is 31.7 Å². The number of carbonyl (C=O) groups excluding carboxylic acids is 2. The smallest absolute Gasteiger partial charge is 0.219 e. The van der Waals surface area contributed by atoms with Crippen LogP contribution in [0.2, 0.25) is 0 Å². The van der Waals surface area contributed by atoms with Crippen molar-refractivity contribution in [3.8, 4) is 6.07 Å². The number of rotatable bonds is 0. The highest BCUT2D eigenvalue weighted by molar-refractivity contribution is 6.04. The number of nitrogens with zero attached hydrogens (tertiary/aromatic N) is 2. The molecule has 1 saturated heterocycles. The first-order valence-corrected chi connectivity index (χ1v) is 7.08. The van der Waals surface area contributed by atoms with Crippen molar-refractivity contribution >= 4 is 11.7 Å². The Kier molecular flexibility index (Phi) is 3.28. The first-order valence-electron chi connectivity index (χ1n) is 7.08. The third-order valence-electron chi connectivity index (χ3n) is 5.12. The zero-order chi connectivity index (χ0) is 15.3. The molecule has 0 radical (unpaired) electrons. The van der Waals surface area contributed by atoms with Crippen LogP contribution in [0.25, 0.3) is 0 Å². The van der Waals surface area contributed by atoms with Crippen molar-refractivity contribution in [2.24, 2.45) is 16.7 Å². The van der Waals surface area contributed by atoms with Gasteiger partial charge in [0.05, 0.1) is 5.57 Å². The molecule has 0 N–H and O–H groups in total. The molecule has 1 amide bonds. The highest BCUT2D eigenvalue weighted by atomic mass is 16.2. The monoisotopic (exact) mass is 274 g/mol. The van der Waals surface area contributed by atoms with Crippen LogP contribution in [0.5, 0.6) is 0 Å². The number of nitriles is 1.